The van der Waals surface area contributed by atoms with Crippen LogP contribution in [0.5, 0.6) is 5.75 Å². The number of H-pyrrole nitrogens is 1. The highest BCUT2D eigenvalue weighted by Gasteiger charge is 2.31. The molecule has 1 saturated heterocycles. The Balaban J connectivity index is 1.41. The van der Waals surface area contributed by atoms with Crippen molar-refractivity contribution in [1.82, 2.24) is 25.1 Å². The maximum absolute atomic E-state index is 12.8. The molecule has 33 heavy (non-hydrogen) atoms. The molecule has 4 rings (SSSR count). The largest absolute Gasteiger partial charge is 0.497 e. The Morgan fingerprint density at radius 2 is 2.00 bits per heavy atom. The summed E-state index contributed by atoms with van der Waals surface area (Å²) in [7, 11) is 1.59. The van der Waals surface area contributed by atoms with E-state index in [4.69, 9.17) is 4.74 Å². The van der Waals surface area contributed by atoms with Crippen molar-refractivity contribution in [3.63, 3.8) is 0 Å². The van der Waals surface area contributed by atoms with Crippen molar-refractivity contribution < 1.29 is 14.3 Å². The summed E-state index contributed by atoms with van der Waals surface area (Å²) >= 11 is 0. The number of nitrogens with zero attached hydrogens (tertiary/aromatic N) is 4. The molecule has 2 N–H and O–H groups in total. The quantitative estimate of drug-likeness (QED) is 0.597. The third-order valence-corrected chi connectivity index (χ3v) is 5.87. The van der Waals surface area contributed by atoms with E-state index >= 15 is 0 Å². The minimum Gasteiger partial charge on any atom is -0.497 e. The summed E-state index contributed by atoms with van der Waals surface area (Å²) < 4.78 is 5.14. The molecular weight excluding hydrogens is 420 g/mol. The number of aromatic amines is 1. The average Bonchev–Trinajstić information content (AvgIpc) is 3.49. The number of aryl methyl sites for hydroxylation is 1. The second kappa shape index (κ2) is 9.40. The van der Waals surface area contributed by atoms with Gasteiger partial charge in [0, 0.05) is 36.6 Å². The van der Waals surface area contributed by atoms with Gasteiger partial charge >= 0.3 is 0 Å². The maximum Gasteiger partial charge on any atom is 0.274 e. The molecule has 0 saturated carbocycles. The average molecular weight is 449 g/mol. The highest BCUT2D eigenvalue weighted by molar-refractivity contribution is 6.04. The van der Waals surface area contributed by atoms with Gasteiger partial charge in [0.2, 0.25) is 0 Å². The van der Waals surface area contributed by atoms with Crippen molar-refractivity contribution >= 4 is 17.5 Å². The summed E-state index contributed by atoms with van der Waals surface area (Å²) in [6.07, 6.45) is 2.33. The fourth-order valence-corrected chi connectivity index (χ4v) is 3.84. The molecule has 3 aromatic rings. The van der Waals surface area contributed by atoms with Gasteiger partial charge in [0.25, 0.3) is 11.8 Å². The molecule has 9 nitrogen and oxygen atoms in total. The van der Waals surface area contributed by atoms with E-state index in [-0.39, 0.29) is 23.7 Å². The van der Waals surface area contributed by atoms with Gasteiger partial charge in [0.05, 0.1) is 18.4 Å². The second-order valence-electron chi connectivity index (χ2n) is 8.51. The number of hydrogen-bond donors (Lipinski definition) is 2. The second-order valence-corrected chi connectivity index (χ2v) is 8.51. The van der Waals surface area contributed by atoms with Crippen LogP contribution in [-0.4, -0.2) is 57.1 Å². The number of ether oxygens (including phenoxy) is 1. The molecule has 0 spiro atoms. The number of methoxy groups -OCH3 is 1. The first-order valence-corrected chi connectivity index (χ1v) is 11.0. The molecule has 3 heterocycles. The van der Waals surface area contributed by atoms with E-state index in [9.17, 15) is 9.59 Å². The van der Waals surface area contributed by atoms with Crippen LogP contribution in [0.4, 0.5) is 5.69 Å². The van der Waals surface area contributed by atoms with Crippen LogP contribution in [0.15, 0.2) is 36.5 Å². The Bertz CT molecular complexity index is 1160. The Morgan fingerprint density at radius 3 is 2.64 bits per heavy atom. The summed E-state index contributed by atoms with van der Waals surface area (Å²) in [5.41, 5.74) is 3.05. The zero-order valence-corrected chi connectivity index (χ0v) is 19.3. The number of anilines is 1. The van der Waals surface area contributed by atoms with Gasteiger partial charge in [-0.25, -0.2) is 9.97 Å². The number of rotatable bonds is 6. The first kappa shape index (κ1) is 22.4. The number of hydrogen-bond acceptors (Lipinski definition) is 6. The van der Waals surface area contributed by atoms with E-state index in [0.717, 1.165) is 12.1 Å². The van der Waals surface area contributed by atoms with Crippen molar-refractivity contribution in [2.24, 2.45) is 0 Å². The normalized spacial score (nSPS) is 15.7. The molecule has 0 aliphatic carbocycles. The molecule has 0 bridgehead atoms. The molecule has 0 radical (unpaired) electrons. The van der Waals surface area contributed by atoms with E-state index in [2.05, 4.69) is 25.5 Å². The highest BCUT2D eigenvalue weighted by atomic mass is 16.5. The number of carbonyl (C=O) groups is 2. The van der Waals surface area contributed by atoms with Crippen LogP contribution in [-0.2, 0) is 0 Å². The van der Waals surface area contributed by atoms with Gasteiger partial charge in [-0.15, -0.1) is 0 Å². The van der Waals surface area contributed by atoms with Gasteiger partial charge in [0.1, 0.15) is 17.3 Å². The van der Waals surface area contributed by atoms with Gasteiger partial charge < -0.3 is 15.0 Å². The van der Waals surface area contributed by atoms with E-state index in [0.29, 0.717) is 47.3 Å². The molecule has 1 atom stereocenters. The lowest BCUT2D eigenvalue weighted by atomic mass is 10.1. The molecule has 0 unspecified atom stereocenters. The summed E-state index contributed by atoms with van der Waals surface area (Å²) in [5, 5.41) is 9.96. The van der Waals surface area contributed by atoms with Crippen LogP contribution in [0.1, 0.15) is 70.2 Å². The molecule has 2 amide bonds. The highest BCUT2D eigenvalue weighted by Crippen LogP contribution is 2.27. The first-order valence-electron chi connectivity index (χ1n) is 11.0. The molecule has 9 heteroatoms. The number of benzene rings is 1. The summed E-state index contributed by atoms with van der Waals surface area (Å²) in [6, 6.07) is 8.92. The standard InChI is InChI=1S/C24H28N6O3/c1-14(2)20-11-21(29-28-20)24(32)30-10-9-16(13-30)22-25-12-19(15(3)26-22)23(31)27-17-5-7-18(33-4)8-6-17/h5-8,11-12,14,16H,9-10,13H2,1-4H3,(H,27,31)(H,28,29)/t16-/m1/s1. The predicted octanol–water partition coefficient (Wildman–Crippen LogP) is 3.52. The number of likely N-dealkylation sites (tertiary alicyclic amines) is 1. The molecule has 1 aliphatic rings. The van der Waals surface area contributed by atoms with Gasteiger partial charge in [0.15, 0.2) is 0 Å². The third kappa shape index (κ3) is 4.87. The fraction of sp³-hybridized carbons (Fsp3) is 0.375. The van der Waals surface area contributed by atoms with E-state index in [1.807, 2.05) is 19.9 Å². The van der Waals surface area contributed by atoms with E-state index in [1.54, 1.807) is 49.4 Å². The SMILES string of the molecule is COc1ccc(NC(=O)c2cnc([C@@H]3CCN(C(=O)c4cc(C(C)C)[nH]n4)C3)nc2C)cc1. The van der Waals surface area contributed by atoms with Gasteiger partial charge in [-0.2, -0.15) is 5.10 Å². The summed E-state index contributed by atoms with van der Waals surface area (Å²) in [5.74, 6) is 1.30. The lowest BCUT2D eigenvalue weighted by molar-refractivity contribution is 0.0784. The molecule has 1 aliphatic heterocycles. The summed E-state index contributed by atoms with van der Waals surface area (Å²) in [6.45, 7) is 7.04. The summed E-state index contributed by atoms with van der Waals surface area (Å²) in [4.78, 5) is 36.3. The molecule has 172 valence electrons. The van der Waals surface area contributed by atoms with Crippen LogP contribution in [0.2, 0.25) is 0 Å². The van der Waals surface area contributed by atoms with Crippen molar-refractivity contribution in [2.45, 2.75) is 39.0 Å². The van der Waals surface area contributed by atoms with Crippen LogP contribution >= 0.6 is 0 Å². The van der Waals surface area contributed by atoms with E-state index in [1.165, 1.54) is 0 Å². The Hall–Kier alpha value is -3.75. The topological polar surface area (TPSA) is 113 Å². The van der Waals surface area contributed by atoms with Crippen LogP contribution in [0.3, 0.4) is 0 Å². The number of amides is 2. The zero-order chi connectivity index (χ0) is 23.5. The van der Waals surface area contributed by atoms with Crippen LogP contribution in [0.25, 0.3) is 0 Å². The van der Waals surface area contributed by atoms with Crippen molar-refractivity contribution in [1.29, 1.82) is 0 Å². The van der Waals surface area contributed by atoms with Crippen molar-refractivity contribution in [3.05, 3.63) is 65.0 Å². The molecular formula is C24H28N6O3. The van der Waals surface area contributed by atoms with Gasteiger partial charge in [-0.3, -0.25) is 14.7 Å². The van der Waals surface area contributed by atoms with Crippen LogP contribution in [0, 0.1) is 6.92 Å². The number of nitrogens with one attached hydrogen (secondary N) is 2. The minimum absolute atomic E-state index is 0.0230. The predicted molar refractivity (Wildman–Crippen MR) is 124 cm³/mol. The van der Waals surface area contributed by atoms with Gasteiger partial charge in [-0.1, -0.05) is 13.8 Å². The Labute approximate surface area is 192 Å². The van der Waals surface area contributed by atoms with Gasteiger partial charge in [-0.05, 0) is 49.6 Å². The number of aromatic nitrogens is 4. The lowest BCUT2D eigenvalue weighted by Gasteiger charge is -2.15. The van der Waals surface area contributed by atoms with Crippen LogP contribution < -0.4 is 10.1 Å². The fourth-order valence-electron chi connectivity index (χ4n) is 3.84. The van der Waals surface area contributed by atoms with Crippen molar-refractivity contribution in [3.8, 4) is 5.75 Å². The molecule has 1 fully saturated rings. The molecule has 2 aromatic heterocycles. The molecule has 1 aromatic carbocycles. The first-order chi connectivity index (χ1) is 15.9. The van der Waals surface area contributed by atoms with E-state index < -0.39 is 0 Å². The third-order valence-electron chi connectivity index (χ3n) is 5.87. The Morgan fingerprint density at radius 1 is 1.24 bits per heavy atom. The minimum atomic E-state index is -0.271. The Kier molecular flexibility index (Phi) is 6.39. The monoisotopic (exact) mass is 448 g/mol. The lowest BCUT2D eigenvalue weighted by Crippen LogP contribution is -2.29. The number of carbonyl (C=O) groups excluding carboxylic acids is 2. The zero-order valence-electron chi connectivity index (χ0n) is 19.3. The smallest absolute Gasteiger partial charge is 0.274 e. The maximum atomic E-state index is 12.8. The van der Waals surface area contributed by atoms with Crippen molar-refractivity contribution in [2.75, 3.05) is 25.5 Å².